The first-order valence-electron chi connectivity index (χ1n) is 7.79. The lowest BCUT2D eigenvalue weighted by Crippen LogP contribution is -2.47. The number of amides is 1. The van der Waals surface area contributed by atoms with E-state index in [1.165, 1.54) is 38.5 Å². The molecule has 1 spiro atoms. The van der Waals surface area contributed by atoms with Crippen LogP contribution < -0.4 is 5.32 Å². The SMILES string of the molecule is CSC1CCCC(N2C(=O)C3(CCCC3)NC2C)C1. The topological polar surface area (TPSA) is 32.3 Å². The molecule has 3 fully saturated rings. The van der Waals surface area contributed by atoms with Gasteiger partial charge in [0, 0.05) is 11.3 Å². The summed E-state index contributed by atoms with van der Waals surface area (Å²) in [6, 6.07) is 0.473. The summed E-state index contributed by atoms with van der Waals surface area (Å²) in [6.07, 6.45) is 11.9. The fourth-order valence-corrected chi connectivity index (χ4v) is 5.18. The molecule has 3 nitrogen and oxygen atoms in total. The highest BCUT2D eigenvalue weighted by atomic mass is 32.2. The molecular weight excluding hydrogens is 256 g/mol. The summed E-state index contributed by atoms with van der Waals surface area (Å²) in [5.74, 6) is 0.407. The Morgan fingerprint density at radius 2 is 2.00 bits per heavy atom. The predicted octanol–water partition coefficient (Wildman–Crippen LogP) is 2.75. The molecule has 3 unspecified atom stereocenters. The minimum absolute atomic E-state index is 0.189. The number of rotatable bonds is 2. The quantitative estimate of drug-likeness (QED) is 0.845. The number of hydrogen-bond acceptors (Lipinski definition) is 3. The fourth-order valence-electron chi connectivity index (χ4n) is 4.36. The van der Waals surface area contributed by atoms with Crippen LogP contribution in [0.4, 0.5) is 0 Å². The lowest BCUT2D eigenvalue weighted by Gasteiger charge is -2.37. The summed E-state index contributed by atoms with van der Waals surface area (Å²) in [6.45, 7) is 2.17. The number of carbonyl (C=O) groups is 1. The van der Waals surface area contributed by atoms with Crippen LogP contribution in [0.3, 0.4) is 0 Å². The van der Waals surface area contributed by atoms with E-state index in [0.717, 1.165) is 18.1 Å². The van der Waals surface area contributed by atoms with Gasteiger partial charge in [-0.1, -0.05) is 19.3 Å². The van der Waals surface area contributed by atoms with Gasteiger partial charge in [-0.2, -0.15) is 11.8 Å². The molecule has 3 atom stereocenters. The third-order valence-electron chi connectivity index (χ3n) is 5.33. The van der Waals surface area contributed by atoms with Crippen molar-refractivity contribution in [1.82, 2.24) is 10.2 Å². The summed E-state index contributed by atoms with van der Waals surface area (Å²) in [7, 11) is 0. The zero-order chi connectivity index (χ0) is 13.5. The van der Waals surface area contributed by atoms with Gasteiger partial charge in [-0.15, -0.1) is 0 Å². The van der Waals surface area contributed by atoms with Crippen LogP contribution >= 0.6 is 11.8 Å². The third-order valence-corrected chi connectivity index (χ3v) is 6.42. The minimum atomic E-state index is -0.189. The molecule has 1 saturated heterocycles. The van der Waals surface area contributed by atoms with Crippen LogP contribution in [0.25, 0.3) is 0 Å². The van der Waals surface area contributed by atoms with Gasteiger partial charge in [0.2, 0.25) is 5.91 Å². The number of thioether (sulfide) groups is 1. The van der Waals surface area contributed by atoms with Gasteiger partial charge in [0.15, 0.2) is 0 Å². The van der Waals surface area contributed by atoms with Crippen molar-refractivity contribution in [1.29, 1.82) is 0 Å². The van der Waals surface area contributed by atoms with Gasteiger partial charge in [-0.05, 0) is 45.3 Å². The molecule has 0 aromatic heterocycles. The molecule has 0 aromatic rings. The van der Waals surface area contributed by atoms with Crippen molar-refractivity contribution in [3.8, 4) is 0 Å². The van der Waals surface area contributed by atoms with Crippen molar-refractivity contribution in [3.63, 3.8) is 0 Å². The second-order valence-corrected chi connectivity index (χ2v) is 7.64. The third kappa shape index (κ3) is 2.31. The molecule has 19 heavy (non-hydrogen) atoms. The normalized spacial score (nSPS) is 38.3. The van der Waals surface area contributed by atoms with E-state index in [0.29, 0.717) is 11.9 Å². The summed E-state index contributed by atoms with van der Waals surface area (Å²) >= 11 is 1.98. The monoisotopic (exact) mass is 282 g/mol. The van der Waals surface area contributed by atoms with Gasteiger partial charge >= 0.3 is 0 Å². The van der Waals surface area contributed by atoms with E-state index >= 15 is 0 Å². The Kier molecular flexibility index (Phi) is 3.82. The second kappa shape index (κ2) is 5.28. The predicted molar refractivity (Wildman–Crippen MR) is 80.2 cm³/mol. The summed E-state index contributed by atoms with van der Waals surface area (Å²) in [5.41, 5.74) is -0.189. The number of hydrogen-bond donors (Lipinski definition) is 1. The highest BCUT2D eigenvalue weighted by Crippen LogP contribution is 2.40. The average Bonchev–Trinajstić information content (AvgIpc) is 2.97. The fraction of sp³-hybridized carbons (Fsp3) is 0.933. The van der Waals surface area contributed by atoms with Crippen molar-refractivity contribution in [3.05, 3.63) is 0 Å². The van der Waals surface area contributed by atoms with Crippen LogP contribution in [0.15, 0.2) is 0 Å². The molecule has 1 amide bonds. The van der Waals surface area contributed by atoms with Crippen LogP contribution in [0, 0.1) is 0 Å². The molecule has 0 bridgehead atoms. The Bertz CT molecular complexity index is 354. The zero-order valence-electron chi connectivity index (χ0n) is 12.2. The summed E-state index contributed by atoms with van der Waals surface area (Å²) in [4.78, 5) is 15.1. The van der Waals surface area contributed by atoms with E-state index in [-0.39, 0.29) is 11.7 Å². The van der Waals surface area contributed by atoms with Crippen molar-refractivity contribution in [2.45, 2.75) is 81.3 Å². The van der Waals surface area contributed by atoms with Gasteiger partial charge in [-0.3, -0.25) is 10.1 Å². The minimum Gasteiger partial charge on any atom is -0.323 e. The first-order valence-corrected chi connectivity index (χ1v) is 9.08. The Morgan fingerprint density at radius 3 is 2.68 bits per heavy atom. The summed E-state index contributed by atoms with van der Waals surface area (Å²) in [5, 5.41) is 4.38. The van der Waals surface area contributed by atoms with Crippen molar-refractivity contribution in [2.75, 3.05) is 6.26 Å². The molecule has 3 rings (SSSR count). The van der Waals surface area contributed by atoms with E-state index in [2.05, 4.69) is 23.4 Å². The molecule has 0 radical (unpaired) electrons. The Balaban J connectivity index is 1.75. The molecule has 1 N–H and O–H groups in total. The Morgan fingerprint density at radius 1 is 1.26 bits per heavy atom. The van der Waals surface area contributed by atoms with Gasteiger partial charge in [-0.25, -0.2) is 0 Å². The Hall–Kier alpha value is -0.220. The highest BCUT2D eigenvalue weighted by molar-refractivity contribution is 7.99. The Labute approximate surface area is 120 Å². The van der Waals surface area contributed by atoms with Crippen LogP contribution in [-0.4, -0.2) is 40.1 Å². The zero-order valence-corrected chi connectivity index (χ0v) is 13.0. The van der Waals surface area contributed by atoms with Gasteiger partial charge in [0.25, 0.3) is 0 Å². The van der Waals surface area contributed by atoms with Gasteiger partial charge < -0.3 is 4.90 Å². The summed E-state index contributed by atoms with van der Waals surface area (Å²) < 4.78 is 0. The van der Waals surface area contributed by atoms with E-state index in [1.54, 1.807) is 0 Å². The van der Waals surface area contributed by atoms with Crippen LogP contribution in [0.2, 0.25) is 0 Å². The van der Waals surface area contributed by atoms with Crippen LogP contribution in [0.5, 0.6) is 0 Å². The lowest BCUT2D eigenvalue weighted by atomic mass is 9.92. The van der Waals surface area contributed by atoms with Gasteiger partial charge in [0.1, 0.15) is 0 Å². The lowest BCUT2D eigenvalue weighted by molar-refractivity contribution is -0.135. The maximum absolute atomic E-state index is 12.9. The van der Waals surface area contributed by atoms with Crippen molar-refractivity contribution < 1.29 is 4.79 Å². The van der Waals surface area contributed by atoms with E-state index in [1.807, 2.05) is 11.8 Å². The molecule has 1 aliphatic heterocycles. The number of carbonyl (C=O) groups excluding carboxylic acids is 1. The standard InChI is InChI=1S/C15H26N2OS/c1-11-16-15(8-3-4-9-15)14(18)17(11)12-6-5-7-13(10-12)19-2/h11-13,16H,3-10H2,1-2H3. The second-order valence-electron chi connectivity index (χ2n) is 6.50. The first kappa shape index (κ1) is 13.7. The maximum atomic E-state index is 12.9. The molecule has 0 aromatic carbocycles. The average molecular weight is 282 g/mol. The van der Waals surface area contributed by atoms with Gasteiger partial charge in [0.05, 0.1) is 11.7 Å². The van der Waals surface area contributed by atoms with Crippen LogP contribution in [0.1, 0.15) is 58.3 Å². The van der Waals surface area contributed by atoms with Crippen molar-refractivity contribution in [2.24, 2.45) is 0 Å². The van der Waals surface area contributed by atoms with E-state index in [9.17, 15) is 4.79 Å². The molecule has 2 saturated carbocycles. The molecule has 3 aliphatic rings. The van der Waals surface area contributed by atoms with Crippen LogP contribution in [-0.2, 0) is 4.79 Å². The molecule has 4 heteroatoms. The highest BCUT2D eigenvalue weighted by Gasteiger charge is 2.52. The van der Waals surface area contributed by atoms with E-state index < -0.39 is 0 Å². The molecular formula is C15H26N2OS. The first-order chi connectivity index (χ1) is 9.16. The smallest absolute Gasteiger partial charge is 0.244 e. The largest absolute Gasteiger partial charge is 0.323 e. The molecule has 108 valence electrons. The number of nitrogens with zero attached hydrogens (tertiary/aromatic N) is 1. The maximum Gasteiger partial charge on any atom is 0.244 e. The van der Waals surface area contributed by atoms with Crippen molar-refractivity contribution >= 4 is 17.7 Å². The molecule has 1 heterocycles. The van der Waals surface area contributed by atoms with E-state index in [4.69, 9.17) is 0 Å². The number of nitrogens with one attached hydrogen (secondary N) is 1. The molecule has 2 aliphatic carbocycles.